The Morgan fingerprint density at radius 2 is 2.14 bits per heavy atom. The summed E-state index contributed by atoms with van der Waals surface area (Å²) < 4.78 is 0. The first-order valence-corrected chi connectivity index (χ1v) is 6.82. The summed E-state index contributed by atoms with van der Waals surface area (Å²) in [6.45, 7) is 2.25. The number of aryl methyl sites for hydroxylation is 1. The van der Waals surface area contributed by atoms with Crippen LogP contribution in [0.3, 0.4) is 0 Å². The van der Waals surface area contributed by atoms with Crippen molar-refractivity contribution in [3.8, 4) is 0 Å². The number of aliphatic hydroxyl groups excluding tert-OH is 1. The molecule has 1 aromatic carbocycles. The van der Waals surface area contributed by atoms with E-state index in [4.69, 9.17) is 0 Å². The van der Waals surface area contributed by atoms with Crippen LogP contribution in [0.25, 0.3) is 0 Å². The van der Waals surface area contributed by atoms with E-state index in [0.29, 0.717) is 12.2 Å². The number of benzene rings is 1. The van der Waals surface area contributed by atoms with Crippen molar-refractivity contribution in [1.29, 1.82) is 0 Å². The lowest BCUT2D eigenvalue weighted by Crippen LogP contribution is -2.29. The first-order chi connectivity index (χ1) is 10.1. The van der Waals surface area contributed by atoms with Crippen molar-refractivity contribution in [3.63, 3.8) is 0 Å². The van der Waals surface area contributed by atoms with E-state index in [9.17, 15) is 9.90 Å². The van der Waals surface area contributed by atoms with E-state index in [0.717, 1.165) is 24.2 Å². The number of nitrogens with one attached hydrogen (secondary N) is 3. The van der Waals surface area contributed by atoms with Gasteiger partial charge in [-0.1, -0.05) is 12.1 Å². The standard InChI is InChI=1S/C14H19N5O2/c1-10(20)11-4-6-12(7-5-11)18-14(21)15-8-2-3-13-16-9-17-19-13/h4-7,9-10,20H,2-3,8H2,1H3,(H2,15,18,21)(H,16,17,19). The van der Waals surface area contributed by atoms with Gasteiger partial charge in [0.15, 0.2) is 0 Å². The van der Waals surface area contributed by atoms with Crippen LogP contribution in [0.15, 0.2) is 30.6 Å². The van der Waals surface area contributed by atoms with E-state index in [2.05, 4.69) is 25.8 Å². The number of urea groups is 1. The molecule has 0 aliphatic heterocycles. The van der Waals surface area contributed by atoms with Gasteiger partial charge in [-0.25, -0.2) is 9.78 Å². The molecule has 0 saturated heterocycles. The molecule has 1 heterocycles. The molecule has 4 N–H and O–H groups in total. The van der Waals surface area contributed by atoms with Crippen LogP contribution in [-0.4, -0.2) is 32.9 Å². The van der Waals surface area contributed by atoms with Crippen LogP contribution in [-0.2, 0) is 6.42 Å². The molecular formula is C14H19N5O2. The summed E-state index contributed by atoms with van der Waals surface area (Å²) in [7, 11) is 0. The second-order valence-corrected chi connectivity index (χ2v) is 4.71. The number of aromatic nitrogens is 3. The zero-order chi connectivity index (χ0) is 15.1. The summed E-state index contributed by atoms with van der Waals surface area (Å²) in [6, 6.07) is 6.83. The molecule has 2 aromatic rings. The Balaban J connectivity index is 1.69. The molecule has 2 rings (SSSR count). The molecule has 7 heteroatoms. The van der Waals surface area contributed by atoms with Crippen LogP contribution in [0, 0.1) is 0 Å². The largest absolute Gasteiger partial charge is 0.389 e. The number of carbonyl (C=O) groups is 1. The van der Waals surface area contributed by atoms with Gasteiger partial charge in [0.25, 0.3) is 0 Å². The molecule has 0 spiro atoms. The van der Waals surface area contributed by atoms with Gasteiger partial charge in [0.1, 0.15) is 12.2 Å². The van der Waals surface area contributed by atoms with Gasteiger partial charge in [-0.05, 0) is 31.0 Å². The Labute approximate surface area is 122 Å². The number of anilines is 1. The second kappa shape index (κ2) is 7.39. The molecule has 0 aliphatic rings. The summed E-state index contributed by atoms with van der Waals surface area (Å²) in [5.74, 6) is 0.811. The molecule has 7 nitrogen and oxygen atoms in total. The maximum Gasteiger partial charge on any atom is 0.319 e. The molecule has 0 bridgehead atoms. The number of aliphatic hydroxyl groups is 1. The Morgan fingerprint density at radius 3 is 2.76 bits per heavy atom. The van der Waals surface area contributed by atoms with Crippen LogP contribution < -0.4 is 10.6 Å². The van der Waals surface area contributed by atoms with Gasteiger partial charge in [0, 0.05) is 18.7 Å². The molecule has 112 valence electrons. The molecule has 0 aliphatic carbocycles. The zero-order valence-corrected chi connectivity index (χ0v) is 11.8. The zero-order valence-electron chi connectivity index (χ0n) is 11.8. The van der Waals surface area contributed by atoms with E-state index in [-0.39, 0.29) is 6.03 Å². The quantitative estimate of drug-likeness (QED) is 0.607. The molecule has 0 radical (unpaired) electrons. The Hall–Kier alpha value is -2.41. The van der Waals surface area contributed by atoms with Crippen LogP contribution in [0.2, 0.25) is 0 Å². The normalized spacial score (nSPS) is 11.9. The number of hydrogen-bond donors (Lipinski definition) is 4. The van der Waals surface area contributed by atoms with Crippen LogP contribution in [0.5, 0.6) is 0 Å². The lowest BCUT2D eigenvalue weighted by Gasteiger charge is -2.09. The van der Waals surface area contributed by atoms with E-state index in [1.807, 2.05) is 0 Å². The fraction of sp³-hybridized carbons (Fsp3) is 0.357. The maximum atomic E-state index is 11.7. The monoisotopic (exact) mass is 289 g/mol. The molecule has 2 amide bonds. The summed E-state index contributed by atoms with van der Waals surface area (Å²) in [4.78, 5) is 15.7. The number of aromatic amines is 1. The highest BCUT2D eigenvalue weighted by molar-refractivity contribution is 5.89. The van der Waals surface area contributed by atoms with Gasteiger partial charge in [0.2, 0.25) is 0 Å². The Bertz CT molecular complexity index is 551. The number of hydrogen-bond acceptors (Lipinski definition) is 4. The predicted octanol–water partition coefficient (Wildman–Crippen LogP) is 1.61. The summed E-state index contributed by atoms with van der Waals surface area (Å²) in [6.07, 6.45) is 2.48. The van der Waals surface area contributed by atoms with Crippen molar-refractivity contribution >= 4 is 11.7 Å². The first-order valence-electron chi connectivity index (χ1n) is 6.82. The van der Waals surface area contributed by atoms with Crippen molar-refractivity contribution in [2.45, 2.75) is 25.9 Å². The number of nitrogens with zero attached hydrogens (tertiary/aromatic N) is 2. The average Bonchev–Trinajstić information content (AvgIpc) is 2.97. The molecule has 1 unspecified atom stereocenters. The SMILES string of the molecule is CC(O)c1ccc(NC(=O)NCCCc2ncn[nH]2)cc1. The number of H-pyrrole nitrogens is 1. The van der Waals surface area contributed by atoms with E-state index < -0.39 is 6.10 Å². The summed E-state index contributed by atoms with van der Waals surface area (Å²) in [5, 5.41) is 21.4. The van der Waals surface area contributed by atoms with Gasteiger partial charge in [-0.2, -0.15) is 5.10 Å². The maximum absolute atomic E-state index is 11.7. The summed E-state index contributed by atoms with van der Waals surface area (Å²) >= 11 is 0. The average molecular weight is 289 g/mol. The molecule has 1 aromatic heterocycles. The minimum Gasteiger partial charge on any atom is -0.389 e. The Kier molecular flexibility index (Phi) is 5.28. The fourth-order valence-corrected chi connectivity index (χ4v) is 1.83. The van der Waals surface area contributed by atoms with E-state index >= 15 is 0 Å². The summed E-state index contributed by atoms with van der Waals surface area (Å²) in [5.41, 5.74) is 1.50. The molecule has 0 fully saturated rings. The number of amides is 2. The smallest absolute Gasteiger partial charge is 0.319 e. The van der Waals surface area contributed by atoms with Crippen molar-refractivity contribution < 1.29 is 9.90 Å². The third-order valence-electron chi connectivity index (χ3n) is 2.99. The highest BCUT2D eigenvalue weighted by Gasteiger charge is 2.03. The minimum absolute atomic E-state index is 0.252. The van der Waals surface area contributed by atoms with Crippen molar-refractivity contribution in [3.05, 3.63) is 42.0 Å². The van der Waals surface area contributed by atoms with Crippen molar-refractivity contribution in [2.24, 2.45) is 0 Å². The topological polar surface area (TPSA) is 103 Å². The minimum atomic E-state index is -0.510. The van der Waals surface area contributed by atoms with Gasteiger partial charge >= 0.3 is 6.03 Å². The highest BCUT2D eigenvalue weighted by Crippen LogP contribution is 2.15. The van der Waals surface area contributed by atoms with Gasteiger partial charge in [-0.3, -0.25) is 5.10 Å². The van der Waals surface area contributed by atoms with Gasteiger partial charge in [-0.15, -0.1) is 0 Å². The third kappa shape index (κ3) is 4.88. The number of carbonyl (C=O) groups excluding carboxylic acids is 1. The lowest BCUT2D eigenvalue weighted by molar-refractivity contribution is 0.199. The molecule has 21 heavy (non-hydrogen) atoms. The van der Waals surface area contributed by atoms with Crippen LogP contribution in [0.1, 0.15) is 30.8 Å². The number of rotatable bonds is 6. The Morgan fingerprint density at radius 1 is 1.38 bits per heavy atom. The highest BCUT2D eigenvalue weighted by atomic mass is 16.3. The molecular weight excluding hydrogens is 270 g/mol. The fourth-order valence-electron chi connectivity index (χ4n) is 1.83. The van der Waals surface area contributed by atoms with Gasteiger partial charge < -0.3 is 15.7 Å². The van der Waals surface area contributed by atoms with E-state index in [1.165, 1.54) is 6.33 Å². The first kappa shape index (κ1) is 15.0. The molecule has 0 saturated carbocycles. The van der Waals surface area contributed by atoms with Crippen LogP contribution in [0.4, 0.5) is 10.5 Å². The third-order valence-corrected chi connectivity index (χ3v) is 2.99. The van der Waals surface area contributed by atoms with Crippen molar-refractivity contribution in [2.75, 3.05) is 11.9 Å². The second-order valence-electron chi connectivity index (χ2n) is 4.71. The predicted molar refractivity (Wildman–Crippen MR) is 78.8 cm³/mol. The van der Waals surface area contributed by atoms with Crippen LogP contribution >= 0.6 is 0 Å². The van der Waals surface area contributed by atoms with Crippen molar-refractivity contribution in [1.82, 2.24) is 20.5 Å². The molecule has 1 atom stereocenters. The lowest BCUT2D eigenvalue weighted by atomic mass is 10.1. The van der Waals surface area contributed by atoms with Gasteiger partial charge in [0.05, 0.1) is 6.10 Å². The van der Waals surface area contributed by atoms with E-state index in [1.54, 1.807) is 31.2 Å².